The van der Waals surface area contributed by atoms with Crippen LogP contribution in [0.2, 0.25) is 0 Å². The van der Waals surface area contributed by atoms with E-state index >= 15 is 0 Å². The van der Waals surface area contributed by atoms with Crippen molar-refractivity contribution in [2.75, 3.05) is 26.2 Å². The van der Waals surface area contributed by atoms with Gasteiger partial charge in [-0.25, -0.2) is 4.39 Å². The number of carbonyl (C=O) groups is 1. The first-order chi connectivity index (χ1) is 9.69. The topological polar surface area (TPSA) is 32.3 Å². The van der Waals surface area contributed by atoms with Gasteiger partial charge in [-0.1, -0.05) is 12.1 Å². The first kappa shape index (κ1) is 15.0. The minimum absolute atomic E-state index is 0.205. The third kappa shape index (κ3) is 3.01. The number of amides is 1. The van der Waals surface area contributed by atoms with Crippen LogP contribution in [0.25, 0.3) is 0 Å². The van der Waals surface area contributed by atoms with Crippen molar-refractivity contribution in [3.8, 4) is 0 Å². The van der Waals surface area contributed by atoms with Gasteiger partial charge in [0.15, 0.2) is 0 Å². The molecule has 2 rings (SSSR count). The van der Waals surface area contributed by atoms with Crippen LogP contribution in [-0.2, 0) is 0 Å². The number of nitrogens with one attached hydrogen (secondary N) is 1. The van der Waals surface area contributed by atoms with Gasteiger partial charge in [0.2, 0.25) is 0 Å². The molecule has 0 bridgehead atoms. The van der Waals surface area contributed by atoms with Gasteiger partial charge in [0.25, 0.3) is 5.91 Å². The summed E-state index contributed by atoms with van der Waals surface area (Å²) < 4.78 is 14.7. The zero-order valence-corrected chi connectivity index (χ0v) is 12.3. The van der Waals surface area contributed by atoms with E-state index in [-0.39, 0.29) is 23.2 Å². The van der Waals surface area contributed by atoms with Crippen molar-refractivity contribution < 1.29 is 9.18 Å². The standard InChI is InChI=1S/C16H23FN2O/c1-3-19(4-2)16(20)14-7-5-6-13(15(14)17)12-8-10-18-11-9-12/h5-7,12,18H,3-4,8-11H2,1-2H3. The molecule has 0 aliphatic carbocycles. The lowest BCUT2D eigenvalue weighted by Gasteiger charge is -2.25. The molecular formula is C16H23FN2O. The highest BCUT2D eigenvalue weighted by Crippen LogP contribution is 2.29. The average molecular weight is 278 g/mol. The van der Waals surface area contributed by atoms with Gasteiger partial charge in [-0.2, -0.15) is 0 Å². The highest BCUT2D eigenvalue weighted by molar-refractivity contribution is 5.94. The molecule has 1 aliphatic heterocycles. The molecule has 0 atom stereocenters. The summed E-state index contributed by atoms with van der Waals surface area (Å²) in [5.41, 5.74) is 0.911. The lowest BCUT2D eigenvalue weighted by Crippen LogP contribution is -2.32. The molecule has 110 valence electrons. The molecule has 1 aliphatic rings. The monoisotopic (exact) mass is 278 g/mol. The maximum Gasteiger partial charge on any atom is 0.256 e. The van der Waals surface area contributed by atoms with Crippen LogP contribution in [0.15, 0.2) is 18.2 Å². The van der Waals surface area contributed by atoms with E-state index in [2.05, 4.69) is 5.32 Å². The normalized spacial score (nSPS) is 16.1. The number of hydrogen-bond donors (Lipinski definition) is 1. The number of rotatable bonds is 4. The van der Waals surface area contributed by atoms with E-state index in [0.29, 0.717) is 18.7 Å². The minimum atomic E-state index is -0.323. The van der Waals surface area contributed by atoms with Crippen molar-refractivity contribution in [1.29, 1.82) is 0 Å². The lowest BCUT2D eigenvalue weighted by atomic mass is 9.88. The summed E-state index contributed by atoms with van der Waals surface area (Å²) in [5.74, 6) is -0.305. The van der Waals surface area contributed by atoms with Crippen molar-refractivity contribution in [2.45, 2.75) is 32.6 Å². The van der Waals surface area contributed by atoms with Gasteiger partial charge in [0.05, 0.1) is 5.56 Å². The first-order valence-electron chi connectivity index (χ1n) is 7.47. The molecule has 0 unspecified atom stereocenters. The van der Waals surface area contributed by atoms with Crippen LogP contribution >= 0.6 is 0 Å². The number of piperidine rings is 1. The Hall–Kier alpha value is -1.42. The van der Waals surface area contributed by atoms with E-state index < -0.39 is 0 Å². The predicted octanol–water partition coefficient (Wildman–Crippen LogP) is 2.77. The van der Waals surface area contributed by atoms with E-state index in [4.69, 9.17) is 0 Å². The van der Waals surface area contributed by atoms with E-state index in [9.17, 15) is 9.18 Å². The van der Waals surface area contributed by atoms with E-state index in [1.807, 2.05) is 19.9 Å². The van der Waals surface area contributed by atoms with Crippen molar-refractivity contribution >= 4 is 5.91 Å². The number of carbonyl (C=O) groups excluding carboxylic acids is 1. The molecule has 1 N–H and O–H groups in total. The molecule has 0 spiro atoms. The van der Waals surface area contributed by atoms with Crippen LogP contribution in [-0.4, -0.2) is 37.0 Å². The van der Waals surface area contributed by atoms with Gasteiger partial charge >= 0.3 is 0 Å². The van der Waals surface area contributed by atoms with Crippen LogP contribution < -0.4 is 5.32 Å². The summed E-state index contributed by atoms with van der Waals surface area (Å²) in [6.45, 7) is 6.86. The second kappa shape index (κ2) is 6.84. The van der Waals surface area contributed by atoms with Crippen LogP contribution in [0, 0.1) is 5.82 Å². The molecule has 4 heteroatoms. The Morgan fingerprint density at radius 2 is 1.95 bits per heavy atom. The van der Waals surface area contributed by atoms with E-state index in [1.165, 1.54) is 0 Å². The molecule has 1 amide bonds. The Morgan fingerprint density at radius 3 is 2.55 bits per heavy atom. The second-order valence-electron chi connectivity index (χ2n) is 5.21. The van der Waals surface area contributed by atoms with Gasteiger partial charge < -0.3 is 10.2 Å². The third-order valence-corrected chi connectivity index (χ3v) is 4.09. The Balaban J connectivity index is 2.29. The fraction of sp³-hybridized carbons (Fsp3) is 0.562. The molecule has 0 radical (unpaired) electrons. The molecule has 20 heavy (non-hydrogen) atoms. The molecule has 1 fully saturated rings. The molecule has 1 heterocycles. The number of nitrogens with zero attached hydrogens (tertiary/aromatic N) is 1. The van der Waals surface area contributed by atoms with Gasteiger partial charge in [-0.15, -0.1) is 0 Å². The highest BCUT2D eigenvalue weighted by atomic mass is 19.1. The van der Waals surface area contributed by atoms with Gasteiger partial charge in [0, 0.05) is 13.1 Å². The maximum atomic E-state index is 14.7. The number of halogens is 1. The molecule has 1 saturated heterocycles. The molecule has 0 saturated carbocycles. The van der Waals surface area contributed by atoms with Crippen molar-refractivity contribution in [1.82, 2.24) is 10.2 Å². The SMILES string of the molecule is CCN(CC)C(=O)c1cccc(C2CCNCC2)c1F. The summed E-state index contributed by atoms with van der Waals surface area (Å²) in [7, 11) is 0. The summed E-state index contributed by atoms with van der Waals surface area (Å²) in [5, 5.41) is 3.28. The Kier molecular flexibility index (Phi) is 5.12. The summed E-state index contributed by atoms with van der Waals surface area (Å²) in [6.07, 6.45) is 1.86. The van der Waals surface area contributed by atoms with Crippen LogP contribution in [0.5, 0.6) is 0 Å². The molecular weight excluding hydrogens is 255 g/mol. The third-order valence-electron chi connectivity index (χ3n) is 4.09. The number of hydrogen-bond acceptors (Lipinski definition) is 2. The van der Waals surface area contributed by atoms with Crippen LogP contribution in [0.4, 0.5) is 4.39 Å². The Bertz CT molecular complexity index is 466. The largest absolute Gasteiger partial charge is 0.339 e. The summed E-state index contributed by atoms with van der Waals surface area (Å²) >= 11 is 0. The van der Waals surface area contributed by atoms with Crippen LogP contribution in [0.1, 0.15) is 48.5 Å². The van der Waals surface area contributed by atoms with Crippen LogP contribution in [0.3, 0.4) is 0 Å². The smallest absolute Gasteiger partial charge is 0.256 e. The molecule has 1 aromatic carbocycles. The summed E-state index contributed by atoms with van der Waals surface area (Å²) in [6, 6.07) is 5.22. The zero-order valence-electron chi connectivity index (χ0n) is 12.3. The van der Waals surface area contributed by atoms with E-state index in [0.717, 1.165) is 25.9 Å². The lowest BCUT2D eigenvalue weighted by molar-refractivity contribution is 0.0768. The first-order valence-corrected chi connectivity index (χ1v) is 7.47. The molecule has 1 aromatic rings. The average Bonchev–Trinajstić information content (AvgIpc) is 2.49. The van der Waals surface area contributed by atoms with E-state index in [1.54, 1.807) is 17.0 Å². The quantitative estimate of drug-likeness (QED) is 0.918. The molecule has 0 aromatic heterocycles. The zero-order chi connectivity index (χ0) is 14.5. The van der Waals surface area contributed by atoms with Crippen molar-refractivity contribution in [2.24, 2.45) is 0 Å². The fourth-order valence-electron chi connectivity index (χ4n) is 2.84. The van der Waals surface area contributed by atoms with Gasteiger partial charge in [0.1, 0.15) is 5.82 Å². The van der Waals surface area contributed by atoms with Crippen molar-refractivity contribution in [3.05, 3.63) is 35.1 Å². The molecule has 3 nitrogen and oxygen atoms in total. The maximum absolute atomic E-state index is 14.7. The second-order valence-corrected chi connectivity index (χ2v) is 5.21. The minimum Gasteiger partial charge on any atom is -0.339 e. The Morgan fingerprint density at radius 1 is 1.30 bits per heavy atom. The number of benzene rings is 1. The highest BCUT2D eigenvalue weighted by Gasteiger charge is 2.23. The Labute approximate surface area is 120 Å². The predicted molar refractivity (Wildman–Crippen MR) is 78.5 cm³/mol. The fourth-order valence-corrected chi connectivity index (χ4v) is 2.84. The van der Waals surface area contributed by atoms with Crippen molar-refractivity contribution in [3.63, 3.8) is 0 Å². The van der Waals surface area contributed by atoms with Gasteiger partial charge in [-0.3, -0.25) is 4.79 Å². The van der Waals surface area contributed by atoms with Gasteiger partial charge in [-0.05, 0) is 57.3 Å². The summed E-state index contributed by atoms with van der Waals surface area (Å²) in [4.78, 5) is 14.0.